The Balaban J connectivity index is 0.000000235. The number of allylic oxidation sites excluding steroid dienone is 3. The van der Waals surface area contributed by atoms with E-state index < -0.39 is 11.7 Å². The van der Waals surface area contributed by atoms with Gasteiger partial charge in [0.05, 0.1) is 43.2 Å². The Bertz CT molecular complexity index is 956. The van der Waals surface area contributed by atoms with Crippen molar-refractivity contribution in [2.45, 2.75) is 148 Å². The Morgan fingerprint density at radius 2 is 1.58 bits per heavy atom. The van der Waals surface area contributed by atoms with Crippen LogP contribution < -0.4 is 0 Å². The minimum Gasteiger partial charge on any atom is -0.393 e. The molecule has 246 valence electrons. The molecule has 10 atom stereocenters. The quantitative estimate of drug-likeness (QED) is 0.299. The topological polar surface area (TPSA) is 88.4 Å². The van der Waals surface area contributed by atoms with E-state index in [-0.39, 0.29) is 11.5 Å². The normalized spacial score (nSPS) is 40.9. The van der Waals surface area contributed by atoms with Crippen LogP contribution in [0.25, 0.3) is 0 Å². The summed E-state index contributed by atoms with van der Waals surface area (Å²) in [7, 11) is 0. The Labute approximate surface area is 261 Å². The first-order valence-electron chi connectivity index (χ1n) is 17.7. The lowest BCUT2D eigenvalue weighted by Crippen LogP contribution is -2.46. The maximum Gasteiger partial charge on any atom is 0.0849 e. The second-order valence-corrected chi connectivity index (χ2v) is 16.0. The summed E-state index contributed by atoms with van der Waals surface area (Å²) in [5, 5.41) is 30.6. The molecule has 43 heavy (non-hydrogen) atoms. The molecule has 3 unspecified atom stereocenters. The highest BCUT2D eigenvalue weighted by molar-refractivity contribution is 5.38. The average Bonchev–Trinajstić information content (AvgIpc) is 3.34. The van der Waals surface area contributed by atoms with Gasteiger partial charge >= 0.3 is 0 Å². The van der Waals surface area contributed by atoms with Crippen molar-refractivity contribution in [3.63, 3.8) is 0 Å². The lowest BCUT2D eigenvalue weighted by molar-refractivity contribution is -0.121. The van der Waals surface area contributed by atoms with E-state index >= 15 is 0 Å². The molecule has 0 aromatic heterocycles. The predicted octanol–water partition coefficient (Wildman–Crippen LogP) is 6.76. The minimum absolute atomic E-state index is 0.149. The van der Waals surface area contributed by atoms with Gasteiger partial charge in [-0.05, 0) is 132 Å². The fourth-order valence-corrected chi connectivity index (χ4v) is 9.84. The van der Waals surface area contributed by atoms with Gasteiger partial charge in [-0.15, -0.1) is 0 Å². The van der Waals surface area contributed by atoms with E-state index in [1.54, 1.807) is 19.4 Å². The summed E-state index contributed by atoms with van der Waals surface area (Å²) in [6.07, 6.45) is 19.0. The van der Waals surface area contributed by atoms with Gasteiger partial charge in [0.25, 0.3) is 0 Å². The fraction of sp³-hybridized carbons (Fsp3) is 0.892. The van der Waals surface area contributed by atoms with E-state index in [1.165, 1.54) is 31.3 Å². The van der Waals surface area contributed by atoms with Crippen LogP contribution in [0.5, 0.6) is 0 Å². The third-order valence-electron chi connectivity index (χ3n) is 12.6. The number of fused-ring (bicyclic) bond motifs is 5. The van der Waals surface area contributed by atoms with Crippen molar-refractivity contribution in [1.82, 2.24) is 0 Å². The van der Waals surface area contributed by atoms with Crippen molar-refractivity contribution in [3.8, 4) is 0 Å². The lowest BCUT2D eigenvalue weighted by Gasteiger charge is -2.55. The Morgan fingerprint density at radius 3 is 2.19 bits per heavy atom. The molecule has 0 bridgehead atoms. The lowest BCUT2D eigenvalue weighted by atomic mass is 9.50. The smallest absolute Gasteiger partial charge is 0.0849 e. The van der Waals surface area contributed by atoms with Crippen LogP contribution in [0, 0.1) is 34.5 Å². The van der Waals surface area contributed by atoms with Gasteiger partial charge in [-0.25, -0.2) is 0 Å². The number of aliphatic hydroxyl groups excluding tert-OH is 2. The van der Waals surface area contributed by atoms with Gasteiger partial charge in [0.1, 0.15) is 0 Å². The van der Waals surface area contributed by atoms with Crippen molar-refractivity contribution in [2.75, 3.05) is 26.4 Å². The maximum atomic E-state index is 10.3. The number of rotatable bonds is 7. The van der Waals surface area contributed by atoms with E-state index in [4.69, 9.17) is 14.2 Å². The molecule has 6 heteroatoms. The molecule has 5 fully saturated rings. The van der Waals surface area contributed by atoms with Crippen molar-refractivity contribution < 1.29 is 29.5 Å². The Hall–Kier alpha value is -0.760. The van der Waals surface area contributed by atoms with Crippen LogP contribution >= 0.6 is 0 Å². The second-order valence-electron chi connectivity index (χ2n) is 16.0. The van der Waals surface area contributed by atoms with E-state index in [2.05, 4.69) is 32.9 Å². The summed E-state index contributed by atoms with van der Waals surface area (Å²) in [4.78, 5) is 0. The molecule has 0 radical (unpaired) electrons. The molecule has 6 aliphatic rings. The minimum atomic E-state index is -1.01. The van der Waals surface area contributed by atoms with Crippen molar-refractivity contribution in [3.05, 3.63) is 23.3 Å². The van der Waals surface area contributed by atoms with E-state index in [1.807, 2.05) is 0 Å². The van der Waals surface area contributed by atoms with Crippen molar-refractivity contribution >= 4 is 0 Å². The zero-order valence-corrected chi connectivity index (χ0v) is 27.9. The Morgan fingerprint density at radius 1 is 0.907 bits per heavy atom. The molecule has 2 saturated heterocycles. The van der Waals surface area contributed by atoms with Crippen LogP contribution in [-0.2, 0) is 14.2 Å². The SMILES string of the molecule is C1COCC(OC2CCCOC2)C1.C[C@H](CC[C@@H](O)C(C)(C)O)[C@H]1CC[C@H]2C3=CC=C4CC(O)CC[C@]4(C)[C@H]3CC[C@]12C. The number of ether oxygens (including phenoxy) is 3. The average molecular weight is 603 g/mol. The van der Waals surface area contributed by atoms with Crippen LogP contribution in [0.4, 0.5) is 0 Å². The van der Waals surface area contributed by atoms with Crippen LogP contribution in [0.15, 0.2) is 23.3 Å². The van der Waals surface area contributed by atoms with Crippen molar-refractivity contribution in [1.29, 1.82) is 0 Å². The third-order valence-corrected chi connectivity index (χ3v) is 12.6. The molecule has 6 nitrogen and oxygen atoms in total. The monoisotopic (exact) mass is 602 g/mol. The molecule has 0 aromatic rings. The van der Waals surface area contributed by atoms with Crippen LogP contribution in [0.3, 0.4) is 0 Å². The molecular weight excluding hydrogens is 540 g/mol. The zero-order valence-electron chi connectivity index (χ0n) is 27.9. The summed E-state index contributed by atoms with van der Waals surface area (Å²) in [5.41, 5.74) is 2.79. The standard InChI is InChI=1S/C27H44O3.C10H18O3/c1-17(6-11-24(29)25(2,3)30)21-9-10-22-20-8-7-18-16-19(28)12-14-26(18,4)23(20)13-15-27(21,22)5;1-3-9(7-11-5-1)13-10-4-2-6-12-8-10/h7-8,17,19,21-24,28-30H,6,9-16H2,1-5H3;9-10H,1-8H2/t17-,19?,21-,22+,23+,24-,26+,27-;/m1./s1. The molecule has 3 saturated carbocycles. The molecule has 2 aliphatic heterocycles. The molecule has 3 N–H and O–H groups in total. The summed E-state index contributed by atoms with van der Waals surface area (Å²) in [5.74, 6) is 2.62. The maximum absolute atomic E-state index is 10.3. The zero-order chi connectivity index (χ0) is 30.8. The first-order valence-corrected chi connectivity index (χ1v) is 17.7. The second kappa shape index (κ2) is 13.9. The summed E-state index contributed by atoms with van der Waals surface area (Å²) >= 11 is 0. The molecule has 0 aromatic carbocycles. The molecule has 4 aliphatic carbocycles. The molecule has 0 amide bonds. The van der Waals surface area contributed by atoms with Gasteiger partial charge in [-0.2, -0.15) is 0 Å². The van der Waals surface area contributed by atoms with Gasteiger partial charge in [0, 0.05) is 13.2 Å². The predicted molar refractivity (Wildman–Crippen MR) is 171 cm³/mol. The van der Waals surface area contributed by atoms with Crippen molar-refractivity contribution in [2.24, 2.45) is 34.5 Å². The highest BCUT2D eigenvalue weighted by Gasteiger charge is 2.57. The number of hydrogen-bond donors (Lipinski definition) is 3. The number of aliphatic hydroxyl groups is 3. The van der Waals surface area contributed by atoms with Gasteiger partial charge in [-0.1, -0.05) is 44.1 Å². The highest BCUT2D eigenvalue weighted by Crippen LogP contribution is 2.66. The molecule has 6 rings (SSSR count). The van der Waals surface area contributed by atoms with Crippen LogP contribution in [0.2, 0.25) is 0 Å². The Kier molecular flexibility index (Phi) is 10.9. The molecular formula is C37H62O6. The first kappa shape index (κ1) is 33.6. The van der Waals surface area contributed by atoms with Gasteiger partial charge in [-0.3, -0.25) is 0 Å². The molecule has 2 heterocycles. The largest absolute Gasteiger partial charge is 0.393 e. The van der Waals surface area contributed by atoms with E-state index in [0.717, 1.165) is 77.8 Å². The summed E-state index contributed by atoms with van der Waals surface area (Å²) in [6, 6.07) is 0. The van der Waals surface area contributed by atoms with Crippen LogP contribution in [0.1, 0.15) is 118 Å². The van der Waals surface area contributed by atoms with E-state index in [9.17, 15) is 15.3 Å². The first-order chi connectivity index (χ1) is 20.4. The van der Waals surface area contributed by atoms with Crippen LogP contribution in [-0.4, -0.2) is 71.8 Å². The van der Waals surface area contributed by atoms with Gasteiger partial charge in [0.2, 0.25) is 0 Å². The fourth-order valence-electron chi connectivity index (χ4n) is 9.84. The molecule has 0 spiro atoms. The number of hydrogen-bond acceptors (Lipinski definition) is 6. The van der Waals surface area contributed by atoms with Gasteiger partial charge in [0.15, 0.2) is 0 Å². The van der Waals surface area contributed by atoms with E-state index in [0.29, 0.717) is 47.7 Å². The summed E-state index contributed by atoms with van der Waals surface area (Å²) < 4.78 is 16.6. The highest BCUT2D eigenvalue weighted by atomic mass is 16.6. The third kappa shape index (κ3) is 7.46. The summed E-state index contributed by atoms with van der Waals surface area (Å²) in [6.45, 7) is 14.2. The van der Waals surface area contributed by atoms with Gasteiger partial charge < -0.3 is 29.5 Å².